The molecule has 8 rings (SSSR count). The molecule has 5 aliphatic carbocycles. The van der Waals surface area contributed by atoms with Crippen LogP contribution in [0.2, 0.25) is 0 Å². The number of tetrazole rings is 1. The second-order valence-corrected chi connectivity index (χ2v) is 13.6. The number of nitrogens with one attached hydrogen (secondary N) is 1. The molecule has 0 radical (unpaired) electrons. The predicted molar refractivity (Wildman–Crippen MR) is 133 cm³/mol. The SMILES string of the molecule is O=C(O)[C@@H]1C[C@H]2C[C@@H](CN3C[C@@H](n4nnc(C56CC7CC(CC(C7)C5)C6)n4)C[C@H]3C(=O)O)CC[C@H]2CN1. The molecule has 37 heavy (non-hydrogen) atoms. The van der Waals surface area contributed by atoms with Crippen LogP contribution in [-0.4, -0.2) is 79.0 Å². The van der Waals surface area contributed by atoms with Gasteiger partial charge in [-0.15, -0.1) is 10.2 Å². The zero-order chi connectivity index (χ0) is 25.3. The first kappa shape index (κ1) is 24.0. The summed E-state index contributed by atoms with van der Waals surface area (Å²) in [7, 11) is 0. The molecule has 0 aromatic carbocycles. The van der Waals surface area contributed by atoms with Crippen LogP contribution in [0.5, 0.6) is 0 Å². The van der Waals surface area contributed by atoms with Crippen LogP contribution < -0.4 is 5.32 Å². The van der Waals surface area contributed by atoms with E-state index in [0.717, 1.165) is 55.9 Å². The molecule has 202 valence electrons. The fourth-order valence-corrected chi connectivity index (χ4v) is 9.83. The smallest absolute Gasteiger partial charge is 0.321 e. The summed E-state index contributed by atoms with van der Waals surface area (Å²) < 4.78 is 0. The molecular weight excluding hydrogens is 472 g/mol. The number of nitrogens with zero attached hydrogens (tertiary/aromatic N) is 5. The third-order valence-electron chi connectivity index (χ3n) is 11.1. The summed E-state index contributed by atoms with van der Waals surface area (Å²) in [5.74, 6) is 3.17. The fourth-order valence-electron chi connectivity index (χ4n) is 9.83. The minimum Gasteiger partial charge on any atom is -0.480 e. The molecule has 3 N–H and O–H groups in total. The lowest BCUT2D eigenvalue weighted by atomic mass is 9.49. The zero-order valence-electron chi connectivity index (χ0n) is 21.5. The van der Waals surface area contributed by atoms with Crippen LogP contribution in [-0.2, 0) is 15.0 Å². The summed E-state index contributed by atoms with van der Waals surface area (Å²) in [5, 5.41) is 36.7. The fraction of sp³-hybridized carbons (Fsp3) is 0.889. The monoisotopic (exact) mass is 512 g/mol. The number of carbonyl (C=O) groups is 2. The van der Waals surface area contributed by atoms with Crippen molar-refractivity contribution in [2.24, 2.45) is 35.5 Å². The highest BCUT2D eigenvalue weighted by Crippen LogP contribution is 2.60. The van der Waals surface area contributed by atoms with Crippen molar-refractivity contribution in [3.05, 3.63) is 5.82 Å². The van der Waals surface area contributed by atoms with Crippen molar-refractivity contribution in [1.82, 2.24) is 30.4 Å². The Balaban J connectivity index is 1.03. The van der Waals surface area contributed by atoms with E-state index < -0.39 is 24.0 Å². The van der Waals surface area contributed by atoms with Crippen molar-refractivity contribution in [2.75, 3.05) is 19.6 Å². The zero-order valence-corrected chi connectivity index (χ0v) is 21.5. The number of aromatic nitrogens is 4. The van der Waals surface area contributed by atoms with Crippen LogP contribution in [0.15, 0.2) is 0 Å². The second-order valence-electron chi connectivity index (χ2n) is 13.6. The van der Waals surface area contributed by atoms with Gasteiger partial charge in [-0.1, -0.05) is 0 Å². The number of rotatable bonds is 6. The molecule has 10 nitrogen and oxygen atoms in total. The summed E-state index contributed by atoms with van der Waals surface area (Å²) in [6.07, 6.45) is 12.1. The molecule has 6 atom stereocenters. The molecule has 0 amide bonds. The molecule has 3 heterocycles. The molecule has 2 saturated heterocycles. The lowest BCUT2D eigenvalue weighted by molar-refractivity contribution is -0.143. The number of likely N-dealkylation sites (tertiary alicyclic amines) is 1. The molecule has 10 heteroatoms. The van der Waals surface area contributed by atoms with Crippen molar-refractivity contribution in [2.45, 2.75) is 94.2 Å². The summed E-state index contributed by atoms with van der Waals surface area (Å²) in [6.45, 7) is 2.16. The average molecular weight is 513 g/mol. The molecule has 7 aliphatic rings. The van der Waals surface area contributed by atoms with Gasteiger partial charge in [-0.05, 0) is 118 Å². The number of carboxylic acids is 2. The lowest BCUT2D eigenvalue weighted by Crippen LogP contribution is -2.50. The Morgan fingerprint density at radius 1 is 0.919 bits per heavy atom. The Labute approximate surface area is 217 Å². The van der Waals surface area contributed by atoms with Gasteiger partial charge in [0.2, 0.25) is 0 Å². The van der Waals surface area contributed by atoms with Crippen LogP contribution in [0, 0.1) is 35.5 Å². The van der Waals surface area contributed by atoms with E-state index in [9.17, 15) is 19.8 Å². The van der Waals surface area contributed by atoms with Crippen LogP contribution in [0.25, 0.3) is 0 Å². The second kappa shape index (κ2) is 9.00. The molecular formula is C27H40N6O4. The summed E-state index contributed by atoms with van der Waals surface area (Å²) in [5.41, 5.74) is 0.0960. The van der Waals surface area contributed by atoms with E-state index in [1.807, 2.05) is 0 Å². The average Bonchev–Trinajstić information content (AvgIpc) is 3.51. The molecule has 2 aliphatic heterocycles. The van der Waals surface area contributed by atoms with Gasteiger partial charge in [0.1, 0.15) is 12.1 Å². The van der Waals surface area contributed by atoms with Gasteiger partial charge in [-0.25, -0.2) is 0 Å². The maximum Gasteiger partial charge on any atom is 0.321 e. The molecule has 4 bridgehead atoms. The van der Waals surface area contributed by atoms with E-state index in [1.165, 1.54) is 38.5 Å². The van der Waals surface area contributed by atoms with Gasteiger partial charge in [-0.3, -0.25) is 14.5 Å². The minimum absolute atomic E-state index is 0.0668. The maximum atomic E-state index is 12.2. The van der Waals surface area contributed by atoms with Gasteiger partial charge in [-0.2, -0.15) is 4.80 Å². The van der Waals surface area contributed by atoms with Gasteiger partial charge in [0, 0.05) is 18.5 Å². The maximum absolute atomic E-state index is 12.2. The largest absolute Gasteiger partial charge is 0.480 e. The van der Waals surface area contributed by atoms with Gasteiger partial charge in [0.05, 0.1) is 6.04 Å². The minimum atomic E-state index is -0.773. The highest BCUT2D eigenvalue weighted by Gasteiger charge is 2.54. The first-order chi connectivity index (χ1) is 17.8. The molecule has 1 aromatic rings. The number of piperidine rings is 1. The van der Waals surface area contributed by atoms with E-state index in [-0.39, 0.29) is 11.5 Å². The van der Waals surface area contributed by atoms with E-state index in [0.29, 0.717) is 37.1 Å². The first-order valence-electron chi connectivity index (χ1n) is 14.6. The Morgan fingerprint density at radius 3 is 2.32 bits per heavy atom. The third kappa shape index (κ3) is 4.28. The Hall–Kier alpha value is -2.07. The lowest BCUT2D eigenvalue weighted by Gasteiger charge is -2.55. The van der Waals surface area contributed by atoms with E-state index >= 15 is 0 Å². The van der Waals surface area contributed by atoms with Crippen LogP contribution >= 0.6 is 0 Å². The molecule has 1 aromatic heterocycles. The van der Waals surface area contributed by atoms with Crippen LogP contribution in [0.4, 0.5) is 0 Å². The van der Waals surface area contributed by atoms with Crippen molar-refractivity contribution in [1.29, 1.82) is 0 Å². The first-order valence-corrected chi connectivity index (χ1v) is 14.6. The molecule has 0 spiro atoms. The standard InChI is InChI=1S/C27H40N6O4/c34-24(35)22-7-20-6-15(1-2-19(20)12-28-22)13-32-14-21(8-23(32)25(36)37)33-30-26(29-31-33)27-9-16-3-17(10-27)5-18(4-16)11-27/h15-23,28H,1-14H2,(H,34,35)(H,36,37)/t15-,16?,17?,18?,19-,20+,21-,22-,23-,27?/m0/s1. The highest BCUT2D eigenvalue weighted by molar-refractivity contribution is 5.74. The highest BCUT2D eigenvalue weighted by atomic mass is 16.4. The van der Waals surface area contributed by atoms with Crippen LogP contribution in [0.3, 0.4) is 0 Å². The number of hydrogen-bond donors (Lipinski definition) is 3. The topological polar surface area (TPSA) is 133 Å². The number of aliphatic carboxylic acids is 2. The Morgan fingerprint density at radius 2 is 1.65 bits per heavy atom. The van der Waals surface area contributed by atoms with Crippen molar-refractivity contribution in [3.63, 3.8) is 0 Å². The summed E-state index contributed by atoms with van der Waals surface area (Å²) in [4.78, 5) is 27.6. The van der Waals surface area contributed by atoms with Crippen molar-refractivity contribution in [3.8, 4) is 0 Å². The number of hydrogen-bond acceptors (Lipinski definition) is 7. The van der Waals surface area contributed by atoms with Gasteiger partial charge in [0.25, 0.3) is 0 Å². The number of carboxylic acid groups (broad SMARTS) is 2. The van der Waals surface area contributed by atoms with Crippen molar-refractivity contribution < 1.29 is 19.8 Å². The van der Waals surface area contributed by atoms with E-state index in [2.05, 4.69) is 20.5 Å². The van der Waals surface area contributed by atoms with Crippen LogP contribution in [0.1, 0.15) is 82.5 Å². The third-order valence-corrected chi connectivity index (χ3v) is 11.1. The van der Waals surface area contributed by atoms with Gasteiger partial charge < -0.3 is 15.5 Å². The summed E-state index contributed by atoms with van der Waals surface area (Å²) >= 11 is 0. The van der Waals surface area contributed by atoms with Gasteiger partial charge >= 0.3 is 11.9 Å². The van der Waals surface area contributed by atoms with Crippen molar-refractivity contribution >= 4 is 11.9 Å². The Kier molecular flexibility index (Phi) is 5.84. The molecule has 0 unspecified atom stereocenters. The molecule has 7 fully saturated rings. The van der Waals surface area contributed by atoms with E-state index in [4.69, 9.17) is 5.10 Å². The summed E-state index contributed by atoms with van der Waals surface area (Å²) in [6, 6.07) is -1.05. The van der Waals surface area contributed by atoms with E-state index in [1.54, 1.807) is 4.80 Å². The quantitative estimate of drug-likeness (QED) is 0.525. The normalized spacial score (nSPS) is 45.1. The molecule has 5 saturated carbocycles. The Bertz CT molecular complexity index is 1020. The number of fused-ring (bicyclic) bond motifs is 1. The predicted octanol–water partition coefficient (Wildman–Crippen LogP) is 2.32. The van der Waals surface area contributed by atoms with Gasteiger partial charge in [0.15, 0.2) is 5.82 Å².